The Morgan fingerprint density at radius 2 is 2.07 bits per heavy atom. The largest absolute Gasteiger partial charge is 0.504 e. The lowest BCUT2D eigenvalue weighted by molar-refractivity contribution is 0.194. The van der Waals surface area contributed by atoms with Gasteiger partial charge in [-0.05, 0) is 19.1 Å². The molecular formula is C8H14Cl2N2O2. The van der Waals surface area contributed by atoms with Gasteiger partial charge in [0.1, 0.15) is 0 Å². The van der Waals surface area contributed by atoms with Gasteiger partial charge in [-0.2, -0.15) is 5.48 Å². The number of hydrogen-bond donors (Lipinski definition) is 3. The number of hydroxylamine groups is 1. The normalized spacial score (nSPS) is 8.36. The number of nitrogen functional groups attached to an aromatic ring is 1. The van der Waals surface area contributed by atoms with E-state index in [1.807, 2.05) is 6.92 Å². The molecule has 0 saturated carbocycles. The molecular weight excluding hydrogens is 227 g/mol. The van der Waals surface area contributed by atoms with Crippen LogP contribution >= 0.6 is 24.8 Å². The van der Waals surface area contributed by atoms with Crippen LogP contribution in [0.3, 0.4) is 0 Å². The summed E-state index contributed by atoms with van der Waals surface area (Å²) >= 11 is 0. The lowest BCUT2D eigenvalue weighted by Crippen LogP contribution is -2.17. The average Bonchev–Trinajstić information content (AvgIpc) is 2.03. The molecule has 82 valence electrons. The minimum atomic E-state index is 0. The van der Waals surface area contributed by atoms with Gasteiger partial charge in [-0.25, -0.2) is 0 Å². The van der Waals surface area contributed by atoms with Gasteiger partial charge in [-0.1, -0.05) is 0 Å². The van der Waals surface area contributed by atoms with Gasteiger partial charge in [0.05, 0.1) is 0 Å². The van der Waals surface area contributed by atoms with Gasteiger partial charge >= 0.3 is 0 Å². The lowest BCUT2D eigenvalue weighted by atomic mass is 10.3. The second-order valence-electron chi connectivity index (χ2n) is 2.33. The Hall–Kier alpha value is -0.840. The third-order valence-corrected chi connectivity index (χ3v) is 1.31. The molecule has 0 atom stereocenters. The zero-order chi connectivity index (χ0) is 8.97. The monoisotopic (exact) mass is 240 g/mol. The maximum Gasteiger partial charge on any atom is 0.188 e. The molecule has 0 aromatic heterocycles. The van der Waals surface area contributed by atoms with E-state index in [0.29, 0.717) is 18.0 Å². The molecule has 1 aromatic carbocycles. The summed E-state index contributed by atoms with van der Waals surface area (Å²) in [5.74, 6) is 0.419. The molecule has 14 heavy (non-hydrogen) atoms. The molecule has 0 fully saturated rings. The molecule has 0 unspecified atom stereocenters. The van der Waals surface area contributed by atoms with Crippen LogP contribution in [0.2, 0.25) is 0 Å². The topological polar surface area (TPSA) is 67.5 Å². The fourth-order valence-electron chi connectivity index (χ4n) is 0.771. The predicted molar refractivity (Wildman–Crippen MR) is 61.3 cm³/mol. The lowest BCUT2D eigenvalue weighted by Gasteiger charge is -2.06. The maximum atomic E-state index is 9.27. The standard InChI is InChI=1S/C8H12N2O2.2ClH/c1-2-10-12-8-4-3-6(9)5-7(8)11;;/h3-5,10-11H,2,9H2,1H3;2*1H. The quantitative estimate of drug-likeness (QED) is 0.556. The summed E-state index contributed by atoms with van der Waals surface area (Å²) in [6.45, 7) is 2.57. The van der Waals surface area contributed by atoms with Crippen molar-refractivity contribution in [3.63, 3.8) is 0 Å². The smallest absolute Gasteiger partial charge is 0.188 e. The highest BCUT2D eigenvalue weighted by Gasteiger charge is 2.01. The molecule has 0 amide bonds. The third kappa shape index (κ3) is 4.41. The molecule has 1 aromatic rings. The Morgan fingerprint density at radius 3 is 2.57 bits per heavy atom. The van der Waals surface area contributed by atoms with Gasteiger partial charge in [-0.3, -0.25) is 0 Å². The van der Waals surface area contributed by atoms with Gasteiger partial charge in [0.15, 0.2) is 11.5 Å². The SMILES string of the molecule is CCNOc1ccc(N)cc1O.Cl.Cl. The van der Waals surface area contributed by atoms with Crippen LogP contribution in [0.5, 0.6) is 11.5 Å². The van der Waals surface area contributed by atoms with Crippen LogP contribution in [-0.4, -0.2) is 11.7 Å². The summed E-state index contributed by atoms with van der Waals surface area (Å²) in [6.07, 6.45) is 0. The second-order valence-corrected chi connectivity index (χ2v) is 2.33. The average molecular weight is 241 g/mol. The van der Waals surface area contributed by atoms with Crippen LogP contribution < -0.4 is 16.1 Å². The van der Waals surface area contributed by atoms with E-state index in [1.54, 1.807) is 12.1 Å². The van der Waals surface area contributed by atoms with Crippen LogP contribution in [0.1, 0.15) is 6.92 Å². The summed E-state index contributed by atoms with van der Waals surface area (Å²) < 4.78 is 0. The van der Waals surface area contributed by atoms with Crippen molar-refractivity contribution in [2.24, 2.45) is 0 Å². The first-order valence-corrected chi connectivity index (χ1v) is 3.72. The van der Waals surface area contributed by atoms with Crippen molar-refractivity contribution < 1.29 is 9.94 Å². The van der Waals surface area contributed by atoms with E-state index in [2.05, 4.69) is 5.48 Å². The molecule has 0 bridgehead atoms. The Labute approximate surface area is 95.2 Å². The highest BCUT2D eigenvalue weighted by atomic mass is 35.5. The predicted octanol–water partition coefficient (Wildman–Crippen LogP) is 1.72. The fraction of sp³-hybridized carbons (Fsp3) is 0.250. The van der Waals surface area contributed by atoms with Crippen LogP contribution in [0.25, 0.3) is 0 Å². The number of hydrogen-bond acceptors (Lipinski definition) is 4. The molecule has 0 saturated heterocycles. The number of anilines is 1. The maximum absolute atomic E-state index is 9.27. The highest BCUT2D eigenvalue weighted by molar-refractivity contribution is 5.85. The second kappa shape index (κ2) is 7.55. The van der Waals surface area contributed by atoms with Crippen LogP contribution in [0, 0.1) is 0 Å². The van der Waals surface area contributed by atoms with E-state index < -0.39 is 0 Å². The molecule has 0 aliphatic carbocycles. The van der Waals surface area contributed by atoms with Gasteiger partial charge < -0.3 is 15.7 Å². The summed E-state index contributed by atoms with van der Waals surface area (Å²) in [7, 11) is 0. The minimum absolute atomic E-state index is 0. The highest BCUT2D eigenvalue weighted by Crippen LogP contribution is 2.26. The van der Waals surface area contributed by atoms with Crippen molar-refractivity contribution in [3.8, 4) is 11.5 Å². The van der Waals surface area contributed by atoms with E-state index >= 15 is 0 Å². The molecule has 0 aliphatic rings. The number of nitrogens with two attached hydrogens (primary N) is 1. The van der Waals surface area contributed by atoms with E-state index in [9.17, 15) is 5.11 Å². The zero-order valence-electron chi connectivity index (χ0n) is 7.69. The van der Waals surface area contributed by atoms with E-state index in [4.69, 9.17) is 10.6 Å². The van der Waals surface area contributed by atoms with E-state index in [1.165, 1.54) is 6.07 Å². The van der Waals surface area contributed by atoms with Crippen LogP contribution in [0.4, 0.5) is 5.69 Å². The Bertz CT molecular complexity index is 272. The van der Waals surface area contributed by atoms with Crippen molar-refractivity contribution in [2.75, 3.05) is 12.3 Å². The molecule has 6 heteroatoms. The van der Waals surface area contributed by atoms with Crippen molar-refractivity contribution in [1.82, 2.24) is 5.48 Å². The Kier molecular flexibility index (Phi) is 8.43. The van der Waals surface area contributed by atoms with E-state index in [-0.39, 0.29) is 30.6 Å². The molecule has 4 nitrogen and oxygen atoms in total. The summed E-state index contributed by atoms with van der Waals surface area (Å²) in [5.41, 5.74) is 8.55. The van der Waals surface area contributed by atoms with Gasteiger partial charge in [0.25, 0.3) is 0 Å². The molecule has 0 radical (unpaired) electrons. The minimum Gasteiger partial charge on any atom is -0.504 e. The molecule has 0 spiro atoms. The molecule has 0 heterocycles. The number of phenolic OH excluding ortho intramolecular Hbond substituents is 1. The number of aromatic hydroxyl groups is 1. The van der Waals surface area contributed by atoms with Gasteiger partial charge in [0, 0.05) is 18.3 Å². The number of halogens is 2. The number of phenols is 1. The van der Waals surface area contributed by atoms with Crippen molar-refractivity contribution >= 4 is 30.5 Å². The third-order valence-electron chi connectivity index (χ3n) is 1.31. The van der Waals surface area contributed by atoms with Crippen LogP contribution in [0.15, 0.2) is 18.2 Å². The van der Waals surface area contributed by atoms with Crippen molar-refractivity contribution in [2.45, 2.75) is 6.92 Å². The Morgan fingerprint density at radius 1 is 1.43 bits per heavy atom. The van der Waals surface area contributed by atoms with Crippen LogP contribution in [-0.2, 0) is 0 Å². The first-order valence-electron chi connectivity index (χ1n) is 3.72. The molecule has 0 aliphatic heterocycles. The van der Waals surface area contributed by atoms with Crippen molar-refractivity contribution in [1.29, 1.82) is 0 Å². The zero-order valence-corrected chi connectivity index (χ0v) is 9.32. The summed E-state index contributed by atoms with van der Waals surface area (Å²) in [6, 6.07) is 4.70. The number of nitrogens with one attached hydrogen (secondary N) is 1. The van der Waals surface area contributed by atoms with E-state index in [0.717, 1.165) is 0 Å². The Balaban J connectivity index is 0. The first-order chi connectivity index (χ1) is 5.74. The van der Waals surface area contributed by atoms with Gasteiger partial charge in [0.2, 0.25) is 0 Å². The van der Waals surface area contributed by atoms with Gasteiger partial charge in [-0.15, -0.1) is 24.8 Å². The fourth-order valence-corrected chi connectivity index (χ4v) is 0.771. The summed E-state index contributed by atoms with van der Waals surface area (Å²) in [4.78, 5) is 4.99. The van der Waals surface area contributed by atoms with Crippen molar-refractivity contribution in [3.05, 3.63) is 18.2 Å². The number of rotatable bonds is 3. The number of benzene rings is 1. The molecule has 1 rings (SSSR count). The molecule has 4 N–H and O–H groups in total. The first kappa shape index (κ1) is 15.6. The summed E-state index contributed by atoms with van der Waals surface area (Å²) in [5, 5.41) is 9.27.